The molecule has 5 nitrogen and oxygen atoms in total. The number of guanidine groups is 1. The zero-order valence-corrected chi connectivity index (χ0v) is 17.4. The van der Waals surface area contributed by atoms with E-state index in [9.17, 15) is 4.79 Å². The summed E-state index contributed by atoms with van der Waals surface area (Å²) in [4.78, 5) is 19.8. The Balaban J connectivity index is 0.00000484. The van der Waals surface area contributed by atoms with Crippen LogP contribution in [0.2, 0.25) is 0 Å². The van der Waals surface area contributed by atoms with Gasteiger partial charge in [-0.05, 0) is 25.7 Å². The Morgan fingerprint density at radius 3 is 2.35 bits per heavy atom. The molecule has 1 fully saturated rings. The zero-order chi connectivity index (χ0) is 16.5. The summed E-state index contributed by atoms with van der Waals surface area (Å²) in [7, 11) is 5.50. The highest BCUT2D eigenvalue weighted by atomic mass is 127. The number of aliphatic imine (C=N–C) groups is 1. The highest BCUT2D eigenvalue weighted by Crippen LogP contribution is 2.22. The van der Waals surface area contributed by atoms with Gasteiger partial charge in [0.15, 0.2) is 5.96 Å². The maximum atomic E-state index is 11.8. The van der Waals surface area contributed by atoms with Crippen molar-refractivity contribution in [2.45, 2.75) is 39.0 Å². The fraction of sp³-hybridized carbons (Fsp3) is 0.765. The Labute approximate surface area is 158 Å². The van der Waals surface area contributed by atoms with Crippen molar-refractivity contribution in [1.29, 1.82) is 0 Å². The van der Waals surface area contributed by atoms with E-state index in [0.717, 1.165) is 30.5 Å². The minimum atomic E-state index is 0. The lowest BCUT2D eigenvalue weighted by Gasteiger charge is -2.27. The molecule has 134 valence electrons. The number of halogens is 1. The topological polar surface area (TPSA) is 47.9 Å². The second-order valence-corrected chi connectivity index (χ2v) is 6.63. The largest absolute Gasteiger partial charge is 0.356 e. The maximum Gasteiger partial charge on any atom is 0.243 e. The Morgan fingerprint density at radius 1 is 1.22 bits per heavy atom. The molecule has 6 heteroatoms. The molecule has 0 bridgehead atoms. The predicted molar refractivity (Wildman–Crippen MR) is 108 cm³/mol. The number of rotatable bonds is 6. The molecule has 1 amide bonds. The van der Waals surface area contributed by atoms with Crippen molar-refractivity contribution in [3.63, 3.8) is 0 Å². The molecule has 1 aliphatic rings. The van der Waals surface area contributed by atoms with Crippen molar-refractivity contribution in [3.05, 3.63) is 12.2 Å². The highest BCUT2D eigenvalue weighted by Gasteiger charge is 2.15. The molecular formula is C17H33IN4O. The van der Waals surface area contributed by atoms with E-state index in [-0.39, 0.29) is 36.4 Å². The summed E-state index contributed by atoms with van der Waals surface area (Å²) < 4.78 is 0. The van der Waals surface area contributed by atoms with E-state index in [0.29, 0.717) is 0 Å². The van der Waals surface area contributed by atoms with Crippen molar-refractivity contribution in [1.82, 2.24) is 15.1 Å². The Morgan fingerprint density at radius 2 is 1.83 bits per heavy atom. The summed E-state index contributed by atoms with van der Waals surface area (Å²) >= 11 is 0. The van der Waals surface area contributed by atoms with Crippen LogP contribution in [-0.2, 0) is 4.79 Å². The van der Waals surface area contributed by atoms with Crippen LogP contribution in [0.3, 0.4) is 0 Å². The molecule has 0 unspecified atom stereocenters. The standard InChI is InChI=1S/C17H32N4O.HI/c1-14(2)13-21(5)17(19-12-16(22)20(3)4)18-11-15-9-7-6-8-10-15;/h15H,1,6-13H2,2-5H3,(H,18,19);1H. The van der Waals surface area contributed by atoms with Gasteiger partial charge in [0.25, 0.3) is 0 Å². The van der Waals surface area contributed by atoms with Gasteiger partial charge in [-0.2, -0.15) is 0 Å². The van der Waals surface area contributed by atoms with Crippen LogP contribution >= 0.6 is 24.0 Å². The van der Waals surface area contributed by atoms with E-state index in [1.807, 2.05) is 18.9 Å². The van der Waals surface area contributed by atoms with Gasteiger partial charge in [-0.15, -0.1) is 24.0 Å². The van der Waals surface area contributed by atoms with E-state index in [1.165, 1.54) is 32.1 Å². The number of hydrogen-bond acceptors (Lipinski definition) is 2. The van der Waals surface area contributed by atoms with Gasteiger partial charge in [0.1, 0.15) is 6.54 Å². The van der Waals surface area contributed by atoms with Crippen molar-refractivity contribution in [2.24, 2.45) is 10.9 Å². The van der Waals surface area contributed by atoms with Crippen molar-refractivity contribution in [2.75, 3.05) is 40.8 Å². The SMILES string of the molecule is C=C(C)CN(C)C(=NCC(=O)N(C)C)NCC1CCCCC1.I. The maximum absolute atomic E-state index is 11.8. The Kier molecular flexibility index (Phi) is 11.3. The molecule has 1 N–H and O–H groups in total. The Bertz CT molecular complexity index is 403. The van der Waals surface area contributed by atoms with Gasteiger partial charge >= 0.3 is 0 Å². The van der Waals surface area contributed by atoms with Crippen LogP contribution in [-0.4, -0.2) is 62.4 Å². The fourth-order valence-corrected chi connectivity index (χ4v) is 2.70. The van der Waals surface area contributed by atoms with Gasteiger partial charge in [-0.25, -0.2) is 4.99 Å². The molecule has 0 heterocycles. The van der Waals surface area contributed by atoms with Gasteiger partial charge in [0, 0.05) is 34.2 Å². The van der Waals surface area contributed by atoms with E-state index < -0.39 is 0 Å². The Hall–Kier alpha value is -0.790. The summed E-state index contributed by atoms with van der Waals surface area (Å²) in [6.07, 6.45) is 6.62. The van der Waals surface area contributed by atoms with Gasteiger partial charge in [0.05, 0.1) is 0 Å². The lowest BCUT2D eigenvalue weighted by atomic mass is 9.89. The first-order valence-electron chi connectivity index (χ1n) is 8.24. The second kappa shape index (κ2) is 11.7. The fourth-order valence-electron chi connectivity index (χ4n) is 2.70. The molecule has 1 rings (SSSR count). The van der Waals surface area contributed by atoms with Crippen molar-refractivity contribution < 1.29 is 4.79 Å². The smallest absolute Gasteiger partial charge is 0.243 e. The van der Waals surface area contributed by atoms with E-state index in [2.05, 4.69) is 16.9 Å². The van der Waals surface area contributed by atoms with Gasteiger partial charge in [0.2, 0.25) is 5.91 Å². The number of carbonyl (C=O) groups excluding carboxylic acids is 1. The third kappa shape index (κ3) is 9.17. The molecule has 0 aromatic rings. The van der Waals surface area contributed by atoms with E-state index >= 15 is 0 Å². The first-order valence-corrected chi connectivity index (χ1v) is 8.24. The molecule has 0 atom stereocenters. The number of nitrogens with zero attached hydrogens (tertiary/aromatic N) is 3. The van der Waals surface area contributed by atoms with E-state index in [4.69, 9.17) is 0 Å². The number of likely N-dealkylation sites (N-methyl/N-ethyl adjacent to an activating group) is 2. The molecule has 0 aromatic carbocycles. The van der Waals surface area contributed by atoms with Gasteiger partial charge in [-0.1, -0.05) is 31.4 Å². The number of amides is 1. The second-order valence-electron chi connectivity index (χ2n) is 6.63. The molecule has 0 saturated heterocycles. The molecule has 0 spiro atoms. The quantitative estimate of drug-likeness (QED) is 0.302. The summed E-state index contributed by atoms with van der Waals surface area (Å²) in [5, 5.41) is 3.45. The minimum absolute atomic E-state index is 0. The molecular weight excluding hydrogens is 403 g/mol. The lowest BCUT2D eigenvalue weighted by Crippen LogP contribution is -2.42. The van der Waals surface area contributed by atoms with Crippen LogP contribution in [0.5, 0.6) is 0 Å². The number of carbonyl (C=O) groups is 1. The number of hydrogen-bond donors (Lipinski definition) is 1. The van der Waals surface area contributed by atoms with Crippen LogP contribution in [0, 0.1) is 5.92 Å². The first kappa shape index (κ1) is 22.2. The molecule has 0 radical (unpaired) electrons. The number of nitrogens with one attached hydrogen (secondary N) is 1. The molecule has 1 aliphatic carbocycles. The van der Waals surface area contributed by atoms with Crippen LogP contribution in [0.4, 0.5) is 0 Å². The summed E-state index contributed by atoms with van der Waals surface area (Å²) in [6.45, 7) is 7.82. The average Bonchev–Trinajstić information content (AvgIpc) is 2.47. The van der Waals surface area contributed by atoms with E-state index in [1.54, 1.807) is 19.0 Å². The van der Waals surface area contributed by atoms with Crippen LogP contribution in [0.1, 0.15) is 39.0 Å². The summed E-state index contributed by atoms with van der Waals surface area (Å²) in [6, 6.07) is 0. The van der Waals surface area contributed by atoms with Gasteiger partial charge in [-0.3, -0.25) is 4.79 Å². The predicted octanol–water partition coefficient (Wildman–Crippen LogP) is 2.73. The highest BCUT2D eigenvalue weighted by molar-refractivity contribution is 14.0. The summed E-state index contributed by atoms with van der Waals surface area (Å²) in [5.41, 5.74) is 1.08. The first-order chi connectivity index (χ1) is 10.4. The van der Waals surface area contributed by atoms with Crippen LogP contribution < -0.4 is 5.32 Å². The van der Waals surface area contributed by atoms with Gasteiger partial charge < -0.3 is 15.1 Å². The lowest BCUT2D eigenvalue weighted by molar-refractivity contribution is -0.127. The van der Waals surface area contributed by atoms with Crippen LogP contribution in [0.25, 0.3) is 0 Å². The van der Waals surface area contributed by atoms with Crippen molar-refractivity contribution >= 4 is 35.8 Å². The molecule has 23 heavy (non-hydrogen) atoms. The third-order valence-corrected chi connectivity index (χ3v) is 4.01. The third-order valence-electron chi connectivity index (χ3n) is 4.01. The minimum Gasteiger partial charge on any atom is -0.356 e. The monoisotopic (exact) mass is 436 g/mol. The molecule has 0 aliphatic heterocycles. The summed E-state index contributed by atoms with van der Waals surface area (Å²) in [5.74, 6) is 1.53. The molecule has 0 aromatic heterocycles. The van der Waals surface area contributed by atoms with Crippen LogP contribution in [0.15, 0.2) is 17.1 Å². The average molecular weight is 436 g/mol. The normalized spacial score (nSPS) is 15.6. The molecule has 1 saturated carbocycles. The zero-order valence-electron chi connectivity index (χ0n) is 15.1. The van der Waals surface area contributed by atoms with Crippen molar-refractivity contribution in [3.8, 4) is 0 Å².